The average Bonchev–Trinajstić information content (AvgIpc) is 1.60. The Kier molecular flexibility index (Phi) is 21.0. The second-order valence-electron chi connectivity index (χ2n) is 24.5. The summed E-state index contributed by atoms with van der Waals surface area (Å²) in [5.41, 5.74) is 4.09. The molecule has 6 aromatic carbocycles. The molecule has 5 aliphatic carbocycles. The zero-order chi connectivity index (χ0) is 80.7. The highest BCUT2D eigenvalue weighted by molar-refractivity contribution is 7.91. The molecule has 5 aromatic heterocycles. The summed E-state index contributed by atoms with van der Waals surface area (Å²) < 4.78 is 128. The van der Waals surface area contributed by atoms with E-state index in [9.17, 15) is 100 Å². The van der Waals surface area contributed by atoms with E-state index in [4.69, 9.17) is 0 Å². The SMILES string of the molecule is CC1=Cc2c(c(-c3ccccc3)cn2S(=O)(=O)c2ccccc2)C(=O)C1=O.CS(=O)(=O)n1cc(-c2ccccc2)c2c1C=CC(=O)C2=O.CS(=O)(=O)n1ncc2c1C=CC(=O)C2=O.O=C1C=Cc2c(c(-c3ccccc3)cn2S(=O)(=O)c2ccc([N+](=O)[O-])cc2)C1=O.O=C1C=Cc2c(cnn2S(=O)(=O)c2ccccc2)C1=O. The van der Waals surface area contributed by atoms with Crippen molar-refractivity contribution in [2.45, 2.75) is 21.6 Å². The molecular weight excluding hydrogens is 1550 g/mol. The first kappa shape index (κ1) is 77.7. The maximum Gasteiger partial charge on any atom is 0.283 e. The minimum absolute atomic E-state index is 0.00277. The van der Waals surface area contributed by atoms with Crippen molar-refractivity contribution in [3.05, 3.63) is 303 Å². The van der Waals surface area contributed by atoms with E-state index in [-0.39, 0.29) is 82.2 Å². The largest absolute Gasteiger partial charge is 0.286 e. The van der Waals surface area contributed by atoms with Crippen LogP contribution < -0.4 is 0 Å². The van der Waals surface area contributed by atoms with Gasteiger partial charge in [0.2, 0.25) is 67.9 Å². The molecule has 35 heteroatoms. The Labute approximate surface area is 635 Å². The smallest absolute Gasteiger partial charge is 0.283 e. The number of aromatic nitrogens is 7. The molecule has 0 saturated carbocycles. The number of Topliss-reactive ketones (excluding diaryl/α,β-unsaturated/α-hetero) is 6. The number of nitro groups is 1. The highest BCUT2D eigenvalue weighted by Gasteiger charge is 2.38. The van der Waals surface area contributed by atoms with Crippen molar-refractivity contribution in [3.63, 3.8) is 0 Å². The molecule has 0 amide bonds. The Morgan fingerprint density at radius 1 is 0.321 bits per heavy atom. The highest BCUT2D eigenvalue weighted by Crippen LogP contribution is 2.38. The van der Waals surface area contributed by atoms with E-state index in [2.05, 4.69) is 10.2 Å². The molecule has 11 aromatic rings. The molecule has 0 spiro atoms. The number of hydrogen-bond donors (Lipinski definition) is 0. The summed E-state index contributed by atoms with van der Waals surface area (Å²) in [4.78, 5) is 128. The minimum Gasteiger partial charge on any atom is -0.286 e. The number of fused-ring (bicyclic) bond motifs is 5. The van der Waals surface area contributed by atoms with Crippen molar-refractivity contribution >= 4 is 144 Å². The summed E-state index contributed by atoms with van der Waals surface area (Å²) in [5.74, 6) is -7.01. The van der Waals surface area contributed by atoms with Crippen LogP contribution in [0.3, 0.4) is 0 Å². The number of nitro benzene ring substituents is 1. The van der Waals surface area contributed by atoms with E-state index in [1.165, 1.54) is 80.2 Å². The molecule has 16 rings (SSSR count). The Hall–Kier alpha value is -13.9. The van der Waals surface area contributed by atoms with Gasteiger partial charge in [-0.15, -0.1) is 0 Å². The van der Waals surface area contributed by atoms with Crippen LogP contribution in [-0.4, -0.2) is 148 Å². The number of non-ortho nitro benzene ring substituents is 1. The molecule has 5 heterocycles. The van der Waals surface area contributed by atoms with Gasteiger partial charge < -0.3 is 0 Å². The van der Waals surface area contributed by atoms with Crippen molar-refractivity contribution in [1.29, 1.82) is 0 Å². The molecule has 0 aliphatic heterocycles. The van der Waals surface area contributed by atoms with Crippen LogP contribution >= 0.6 is 0 Å². The van der Waals surface area contributed by atoms with Gasteiger partial charge in [0.15, 0.2) is 0 Å². The highest BCUT2D eigenvalue weighted by atomic mass is 32.2. The first-order chi connectivity index (χ1) is 53.0. The second kappa shape index (κ2) is 30.3. The molecule has 0 radical (unpaired) electrons. The van der Waals surface area contributed by atoms with Gasteiger partial charge >= 0.3 is 0 Å². The third kappa shape index (κ3) is 14.8. The van der Waals surface area contributed by atoms with Crippen LogP contribution in [0.4, 0.5) is 5.69 Å². The Bertz CT molecular complexity index is 6690. The van der Waals surface area contributed by atoms with Crippen LogP contribution in [0.1, 0.15) is 87.2 Å². The quantitative estimate of drug-likeness (QED) is 0.0626. The number of nitrogens with zero attached hydrogens (tertiary/aromatic N) is 8. The predicted molar refractivity (Wildman–Crippen MR) is 405 cm³/mol. The molecule has 0 N–H and O–H groups in total. The lowest BCUT2D eigenvalue weighted by Crippen LogP contribution is -2.22. The van der Waals surface area contributed by atoms with Gasteiger partial charge in [0.1, 0.15) is 0 Å². The van der Waals surface area contributed by atoms with Crippen LogP contribution in [0.15, 0.2) is 251 Å². The van der Waals surface area contributed by atoms with E-state index >= 15 is 0 Å². The summed E-state index contributed by atoms with van der Waals surface area (Å²) >= 11 is 0. The van der Waals surface area contributed by atoms with Gasteiger partial charge in [-0.2, -0.15) is 26.8 Å². The van der Waals surface area contributed by atoms with E-state index in [0.29, 0.717) is 33.4 Å². The zero-order valence-corrected chi connectivity index (χ0v) is 62.0. The predicted octanol–water partition coefficient (Wildman–Crippen LogP) is 8.75. The molecule has 0 atom stereocenters. The van der Waals surface area contributed by atoms with Crippen molar-refractivity contribution in [2.24, 2.45) is 0 Å². The van der Waals surface area contributed by atoms with E-state index < -0.39 is 113 Å². The molecule has 112 heavy (non-hydrogen) atoms. The first-order valence-corrected chi connectivity index (χ1v) is 40.5. The van der Waals surface area contributed by atoms with Gasteiger partial charge in [0.25, 0.3) is 45.8 Å². The Balaban J connectivity index is 0.000000132. The van der Waals surface area contributed by atoms with Crippen LogP contribution in [0.5, 0.6) is 0 Å². The van der Waals surface area contributed by atoms with E-state index in [1.807, 2.05) is 12.1 Å². The first-order valence-electron chi connectivity index (χ1n) is 32.5. The molecule has 562 valence electrons. The fourth-order valence-electron chi connectivity index (χ4n) is 11.9. The van der Waals surface area contributed by atoms with Crippen LogP contribution in [-0.2, 0) is 74.1 Å². The Morgan fingerprint density at radius 3 is 1.04 bits per heavy atom. The average molecular weight is 1600 g/mol. The summed E-state index contributed by atoms with van der Waals surface area (Å²) in [5, 5.41) is 18.1. The van der Waals surface area contributed by atoms with Gasteiger partial charge in [0, 0.05) is 53.0 Å². The molecule has 0 fully saturated rings. The third-order valence-electron chi connectivity index (χ3n) is 17.2. The number of carbonyl (C=O) groups excluding carboxylic acids is 10. The molecule has 0 saturated heterocycles. The number of hydrogen-bond acceptors (Lipinski definition) is 24. The minimum atomic E-state index is -4.17. The van der Waals surface area contributed by atoms with Gasteiger partial charge in [-0.05, 0) is 115 Å². The number of ketones is 10. The topological polar surface area (TPSA) is 435 Å². The third-order valence-corrected chi connectivity index (χ3v) is 24.2. The van der Waals surface area contributed by atoms with Gasteiger partial charge in [-0.1, -0.05) is 127 Å². The van der Waals surface area contributed by atoms with E-state index in [0.717, 1.165) is 93.6 Å². The molecule has 5 aliphatic rings. The number of carbonyl (C=O) groups is 10. The normalized spacial score (nSPS) is 14.2. The van der Waals surface area contributed by atoms with Crippen molar-refractivity contribution in [1.82, 2.24) is 30.3 Å². The lowest BCUT2D eigenvalue weighted by Gasteiger charge is -2.13. The van der Waals surface area contributed by atoms with Gasteiger partial charge in [0.05, 0.1) is 101 Å². The number of benzene rings is 6. The van der Waals surface area contributed by atoms with Crippen molar-refractivity contribution < 1.29 is 95.0 Å². The zero-order valence-electron chi connectivity index (χ0n) is 57.9. The molecule has 0 bridgehead atoms. The fraction of sp³-hybridized carbons (Fsp3) is 0.0390. The number of rotatable bonds is 12. The molecular formula is C77H52N8O22S5. The van der Waals surface area contributed by atoms with Crippen LogP contribution in [0.25, 0.3) is 63.8 Å². The maximum absolute atomic E-state index is 13.2. The lowest BCUT2D eigenvalue weighted by molar-refractivity contribution is -0.384. The second-order valence-corrected chi connectivity index (χ2v) is 33.5. The van der Waals surface area contributed by atoms with Crippen LogP contribution in [0.2, 0.25) is 0 Å². The maximum atomic E-state index is 13.2. The van der Waals surface area contributed by atoms with E-state index in [1.54, 1.807) is 115 Å². The van der Waals surface area contributed by atoms with Crippen LogP contribution in [0, 0.1) is 10.1 Å². The standard InChI is InChI=1S/C21H15NO4S.C20H12N2O6S.C15H11NO4S.C13H8N2O4S.C8H6N2O4S/c1-14-12-18-19(21(24)20(14)23)17(15-8-4-2-5-9-15)13-22(18)27(25,26)16-10-6-3-7-11-16;23-18-11-10-17-19(20(18)24)16(13-4-2-1-3-5-13)12-21(17)29(27,28)15-8-6-14(7-9-15)22(25)26;1-21(19,20)16-9-11(10-5-3-2-4-6-10)14-12(16)7-8-13(17)15(14)18;16-12-7-6-11-10(13(12)17)8-14-15(11)20(18,19)9-4-2-1-3-5-9;1-15(13,14)10-6-2-3-7(11)8(12)5(6)4-9-10/h2-13H,1H3;1-12H;2-9H,1H3;1-8H;2-4H,1H3. The summed E-state index contributed by atoms with van der Waals surface area (Å²) in [7, 11) is -19.1. The lowest BCUT2D eigenvalue weighted by atomic mass is 9.91. The summed E-state index contributed by atoms with van der Waals surface area (Å²) in [6.45, 7) is 1.51. The monoisotopic (exact) mass is 1600 g/mol. The number of allylic oxidation sites excluding steroid dienone is 5. The van der Waals surface area contributed by atoms with Crippen molar-refractivity contribution in [3.8, 4) is 33.4 Å². The summed E-state index contributed by atoms with van der Waals surface area (Å²) in [6, 6.07) is 46.7. The molecule has 30 nitrogen and oxygen atoms in total. The Morgan fingerprint density at radius 2 is 0.643 bits per heavy atom. The molecule has 0 unspecified atom stereocenters. The van der Waals surface area contributed by atoms with Crippen molar-refractivity contribution in [2.75, 3.05) is 12.5 Å². The van der Waals surface area contributed by atoms with Gasteiger partial charge in [-0.25, -0.2) is 45.6 Å². The van der Waals surface area contributed by atoms with Gasteiger partial charge in [-0.3, -0.25) is 58.1 Å². The fourth-order valence-corrected chi connectivity index (χ4v) is 17.5. The summed E-state index contributed by atoms with van der Waals surface area (Å²) in [6.07, 6.45) is 19.2.